The topological polar surface area (TPSA) is 39.2 Å². The third-order valence-electron chi connectivity index (χ3n) is 2.38. The van der Waals surface area contributed by atoms with Crippen molar-refractivity contribution >= 4 is 15.9 Å². The molecule has 0 aliphatic rings. The van der Waals surface area contributed by atoms with Crippen LogP contribution < -0.4 is 5.73 Å². The van der Waals surface area contributed by atoms with Crippen molar-refractivity contribution in [3.8, 4) is 11.3 Å². The molecule has 0 bridgehead atoms. The van der Waals surface area contributed by atoms with Gasteiger partial charge in [0.05, 0.1) is 0 Å². The summed E-state index contributed by atoms with van der Waals surface area (Å²) in [5.74, 6) is 1.17. The summed E-state index contributed by atoms with van der Waals surface area (Å²) in [6, 6.07) is 8.26. The van der Waals surface area contributed by atoms with Crippen molar-refractivity contribution < 1.29 is 8.81 Å². The van der Waals surface area contributed by atoms with Gasteiger partial charge in [0, 0.05) is 22.5 Å². The van der Waals surface area contributed by atoms with Gasteiger partial charge in [-0.15, -0.1) is 0 Å². The Hall–Kier alpha value is -1.13. The molecule has 17 heavy (non-hydrogen) atoms. The summed E-state index contributed by atoms with van der Waals surface area (Å²) < 4.78 is 19.6. The Morgan fingerprint density at radius 3 is 2.82 bits per heavy atom. The van der Waals surface area contributed by atoms with Gasteiger partial charge in [0.2, 0.25) is 0 Å². The Kier molecular flexibility index (Phi) is 3.64. The Balaban J connectivity index is 2.33. The molecule has 1 aromatic heterocycles. The van der Waals surface area contributed by atoms with Gasteiger partial charge in [-0.25, -0.2) is 4.39 Å². The molecule has 2 rings (SSSR count). The van der Waals surface area contributed by atoms with Crippen LogP contribution in [0.3, 0.4) is 0 Å². The van der Waals surface area contributed by atoms with Crippen LogP contribution in [0.2, 0.25) is 0 Å². The van der Waals surface area contributed by atoms with E-state index >= 15 is 0 Å². The summed E-state index contributed by atoms with van der Waals surface area (Å²) >= 11 is 3.38. The maximum Gasteiger partial charge on any atom is 0.135 e. The maximum atomic E-state index is 13.2. The summed E-state index contributed by atoms with van der Waals surface area (Å²) in [7, 11) is 0. The van der Waals surface area contributed by atoms with Gasteiger partial charge >= 0.3 is 0 Å². The van der Waals surface area contributed by atoms with E-state index in [2.05, 4.69) is 15.9 Å². The van der Waals surface area contributed by atoms with Crippen LogP contribution in [0.15, 0.2) is 39.2 Å². The predicted molar refractivity (Wildman–Crippen MR) is 69.2 cm³/mol. The fourth-order valence-corrected chi connectivity index (χ4v) is 2.08. The molecular formula is C13H13BrFNO. The lowest BCUT2D eigenvalue weighted by atomic mass is 10.2. The third kappa shape index (κ3) is 2.96. The monoisotopic (exact) mass is 297 g/mol. The molecule has 0 aliphatic heterocycles. The van der Waals surface area contributed by atoms with Gasteiger partial charge in [0.15, 0.2) is 0 Å². The first-order valence-electron chi connectivity index (χ1n) is 5.36. The van der Waals surface area contributed by atoms with Gasteiger partial charge in [-0.05, 0) is 37.3 Å². The molecule has 1 atom stereocenters. The van der Waals surface area contributed by atoms with Gasteiger partial charge in [-0.1, -0.05) is 15.9 Å². The van der Waals surface area contributed by atoms with Crippen LogP contribution in [-0.2, 0) is 6.42 Å². The van der Waals surface area contributed by atoms with E-state index in [9.17, 15) is 4.39 Å². The molecule has 1 aromatic carbocycles. The van der Waals surface area contributed by atoms with Gasteiger partial charge in [0.1, 0.15) is 17.3 Å². The molecule has 2 aromatic rings. The smallest absolute Gasteiger partial charge is 0.135 e. The first-order chi connectivity index (χ1) is 8.06. The average molecular weight is 298 g/mol. The lowest BCUT2D eigenvalue weighted by molar-refractivity contribution is 0.502. The second kappa shape index (κ2) is 5.02. The van der Waals surface area contributed by atoms with Crippen LogP contribution in [0.1, 0.15) is 12.7 Å². The Bertz CT molecular complexity index is 522. The summed E-state index contributed by atoms with van der Waals surface area (Å²) in [4.78, 5) is 0. The number of nitrogens with two attached hydrogens (primary N) is 1. The van der Waals surface area contributed by atoms with Crippen LogP contribution in [0.4, 0.5) is 4.39 Å². The maximum absolute atomic E-state index is 13.2. The number of hydrogen-bond donors (Lipinski definition) is 1. The Morgan fingerprint density at radius 1 is 1.35 bits per heavy atom. The average Bonchev–Trinajstić information content (AvgIpc) is 2.69. The van der Waals surface area contributed by atoms with Crippen molar-refractivity contribution in [2.75, 3.05) is 0 Å². The first kappa shape index (κ1) is 12.3. The zero-order valence-corrected chi connectivity index (χ0v) is 11.0. The highest BCUT2D eigenvalue weighted by Crippen LogP contribution is 2.30. The molecule has 0 fully saturated rings. The van der Waals surface area contributed by atoms with Crippen LogP contribution in [-0.4, -0.2) is 6.04 Å². The molecule has 0 saturated heterocycles. The standard InChI is InChI=1S/C13H13BrFNO/c1-8(16)6-10-3-5-13(17-10)11-7-9(15)2-4-12(11)14/h2-5,7-8H,6,16H2,1H3. The largest absolute Gasteiger partial charge is 0.461 e. The minimum Gasteiger partial charge on any atom is -0.461 e. The number of benzene rings is 1. The summed E-state index contributed by atoms with van der Waals surface area (Å²) in [6.45, 7) is 1.92. The van der Waals surface area contributed by atoms with Crippen LogP contribution in [0, 0.1) is 5.82 Å². The van der Waals surface area contributed by atoms with E-state index in [0.717, 1.165) is 10.2 Å². The summed E-state index contributed by atoms with van der Waals surface area (Å²) in [6.07, 6.45) is 0.674. The van der Waals surface area contributed by atoms with E-state index in [1.54, 1.807) is 6.07 Å². The van der Waals surface area contributed by atoms with Crippen LogP contribution >= 0.6 is 15.9 Å². The molecule has 1 heterocycles. The lowest BCUT2D eigenvalue weighted by Gasteiger charge is -2.03. The first-order valence-corrected chi connectivity index (χ1v) is 6.15. The van der Waals surface area contributed by atoms with Crippen LogP contribution in [0.25, 0.3) is 11.3 Å². The molecule has 1 unspecified atom stereocenters. The number of furan rings is 1. The lowest BCUT2D eigenvalue weighted by Crippen LogP contribution is -2.17. The van der Waals surface area contributed by atoms with Gasteiger partial charge in [-0.3, -0.25) is 0 Å². The molecule has 0 saturated carbocycles. The SMILES string of the molecule is CC(N)Cc1ccc(-c2cc(F)ccc2Br)o1. The van der Waals surface area contributed by atoms with E-state index in [1.807, 2.05) is 19.1 Å². The van der Waals surface area contributed by atoms with E-state index in [0.29, 0.717) is 17.7 Å². The minimum absolute atomic E-state index is 0.0463. The normalized spacial score (nSPS) is 12.7. The Labute approximate surface area is 108 Å². The molecule has 2 nitrogen and oxygen atoms in total. The molecule has 0 spiro atoms. The van der Waals surface area contributed by atoms with E-state index in [1.165, 1.54) is 12.1 Å². The molecule has 4 heteroatoms. The second-order valence-corrected chi connectivity index (χ2v) is 4.93. The molecule has 0 aliphatic carbocycles. The molecule has 2 N–H and O–H groups in total. The highest BCUT2D eigenvalue weighted by Gasteiger charge is 2.10. The van der Waals surface area contributed by atoms with Crippen molar-refractivity contribution in [2.24, 2.45) is 5.73 Å². The Morgan fingerprint density at radius 2 is 2.12 bits per heavy atom. The van der Waals surface area contributed by atoms with Crippen molar-refractivity contribution in [3.05, 3.63) is 46.4 Å². The third-order valence-corrected chi connectivity index (χ3v) is 3.07. The van der Waals surface area contributed by atoms with E-state index in [4.69, 9.17) is 10.2 Å². The fraction of sp³-hybridized carbons (Fsp3) is 0.231. The number of hydrogen-bond acceptors (Lipinski definition) is 2. The quantitative estimate of drug-likeness (QED) is 0.937. The predicted octanol–water partition coefficient (Wildman–Crippen LogP) is 3.74. The number of halogens is 2. The molecular weight excluding hydrogens is 285 g/mol. The van der Waals surface area contributed by atoms with Crippen LogP contribution in [0.5, 0.6) is 0 Å². The molecule has 0 radical (unpaired) electrons. The fourth-order valence-electron chi connectivity index (χ4n) is 1.64. The number of rotatable bonds is 3. The highest BCUT2D eigenvalue weighted by molar-refractivity contribution is 9.10. The van der Waals surface area contributed by atoms with Crippen molar-refractivity contribution in [1.82, 2.24) is 0 Å². The second-order valence-electron chi connectivity index (χ2n) is 4.07. The van der Waals surface area contributed by atoms with E-state index in [-0.39, 0.29) is 11.9 Å². The summed E-state index contributed by atoms with van der Waals surface area (Å²) in [5, 5.41) is 0. The van der Waals surface area contributed by atoms with Gasteiger partial charge in [-0.2, -0.15) is 0 Å². The zero-order valence-electron chi connectivity index (χ0n) is 9.41. The zero-order chi connectivity index (χ0) is 12.4. The molecule has 0 amide bonds. The van der Waals surface area contributed by atoms with Gasteiger partial charge in [0.25, 0.3) is 0 Å². The minimum atomic E-state index is -0.284. The van der Waals surface area contributed by atoms with Crippen molar-refractivity contribution in [1.29, 1.82) is 0 Å². The van der Waals surface area contributed by atoms with Gasteiger partial charge < -0.3 is 10.2 Å². The van der Waals surface area contributed by atoms with Crippen molar-refractivity contribution in [3.63, 3.8) is 0 Å². The highest BCUT2D eigenvalue weighted by atomic mass is 79.9. The van der Waals surface area contributed by atoms with E-state index < -0.39 is 0 Å². The summed E-state index contributed by atoms with van der Waals surface area (Å²) in [5.41, 5.74) is 6.41. The molecule has 90 valence electrons. The van der Waals surface area contributed by atoms with Crippen molar-refractivity contribution in [2.45, 2.75) is 19.4 Å².